The molecule has 1 saturated heterocycles. The average molecular weight is 279 g/mol. The molecule has 0 radical (unpaired) electrons. The predicted molar refractivity (Wildman–Crippen MR) is 80.2 cm³/mol. The highest BCUT2D eigenvalue weighted by Crippen LogP contribution is 2.20. The fourth-order valence-electron chi connectivity index (χ4n) is 2.43. The second-order valence-corrected chi connectivity index (χ2v) is 5.66. The second kappa shape index (κ2) is 6.37. The van der Waals surface area contributed by atoms with E-state index in [1.165, 1.54) is 0 Å². The molecular weight excluding hydrogens is 254 g/mol. The Labute approximate surface area is 120 Å². The van der Waals surface area contributed by atoms with E-state index in [1.807, 2.05) is 26.8 Å². The molecule has 1 aromatic rings. The topological polar surface area (TPSA) is 67.5 Å². The van der Waals surface area contributed by atoms with Gasteiger partial charge in [0.15, 0.2) is 0 Å². The first-order chi connectivity index (χ1) is 9.49. The Balaban J connectivity index is 2.24. The Morgan fingerprint density at radius 3 is 2.80 bits per heavy atom. The van der Waals surface area contributed by atoms with Gasteiger partial charge in [-0.25, -0.2) is 4.98 Å². The van der Waals surface area contributed by atoms with Crippen molar-refractivity contribution in [2.24, 2.45) is 5.73 Å². The second-order valence-electron chi connectivity index (χ2n) is 5.66. The summed E-state index contributed by atoms with van der Waals surface area (Å²) in [6.07, 6.45) is 0.106. The van der Waals surface area contributed by atoms with Crippen LogP contribution in [-0.4, -0.2) is 60.2 Å². The van der Waals surface area contributed by atoms with Crippen molar-refractivity contribution in [1.29, 1.82) is 0 Å². The van der Waals surface area contributed by atoms with Crippen LogP contribution < -0.4 is 15.4 Å². The summed E-state index contributed by atoms with van der Waals surface area (Å²) in [5.41, 5.74) is 6.81. The monoisotopic (exact) mass is 279 g/mol. The molecule has 1 aromatic heterocycles. The molecule has 0 aliphatic carbocycles. The molecule has 0 spiro atoms. The Hall–Kier alpha value is -1.40. The van der Waals surface area contributed by atoms with E-state index in [1.54, 1.807) is 0 Å². The van der Waals surface area contributed by atoms with Crippen LogP contribution in [0.1, 0.15) is 19.5 Å². The highest BCUT2D eigenvalue weighted by molar-refractivity contribution is 5.37. The summed E-state index contributed by atoms with van der Waals surface area (Å²) in [5.74, 6) is 1.36. The van der Waals surface area contributed by atoms with Crippen molar-refractivity contribution in [3.05, 3.63) is 11.8 Å². The van der Waals surface area contributed by atoms with Crippen LogP contribution in [0.25, 0.3) is 0 Å². The van der Waals surface area contributed by atoms with Gasteiger partial charge in [-0.15, -0.1) is 0 Å². The van der Waals surface area contributed by atoms with Crippen molar-refractivity contribution < 1.29 is 4.74 Å². The Kier molecular flexibility index (Phi) is 4.77. The van der Waals surface area contributed by atoms with E-state index in [0.29, 0.717) is 12.4 Å². The minimum Gasteiger partial charge on any atom is -0.475 e. The molecule has 0 amide bonds. The molecule has 0 saturated carbocycles. The van der Waals surface area contributed by atoms with Gasteiger partial charge in [0.2, 0.25) is 11.8 Å². The molecule has 2 N–H and O–H groups in total. The minimum atomic E-state index is 0.106. The van der Waals surface area contributed by atoms with Crippen LogP contribution in [-0.2, 0) is 0 Å². The molecule has 1 atom stereocenters. The number of anilines is 1. The number of nitrogens with zero attached hydrogens (tertiary/aromatic N) is 4. The lowest BCUT2D eigenvalue weighted by molar-refractivity contribution is 0.230. The van der Waals surface area contributed by atoms with Crippen LogP contribution in [0.3, 0.4) is 0 Å². The van der Waals surface area contributed by atoms with Gasteiger partial charge >= 0.3 is 0 Å². The van der Waals surface area contributed by atoms with E-state index in [4.69, 9.17) is 10.5 Å². The molecule has 0 aromatic carbocycles. The van der Waals surface area contributed by atoms with Gasteiger partial charge in [0, 0.05) is 37.9 Å². The SMILES string of the molecule is Cc1cc(OC(C)C)nc(N2CCN(C)CC2CN)n1. The summed E-state index contributed by atoms with van der Waals surface area (Å²) in [7, 11) is 2.12. The maximum Gasteiger partial charge on any atom is 0.229 e. The molecule has 1 fully saturated rings. The predicted octanol–water partition coefficient (Wildman–Crippen LogP) is 0.651. The number of nitrogens with two attached hydrogens (primary N) is 1. The molecule has 1 unspecified atom stereocenters. The van der Waals surface area contributed by atoms with Crippen LogP contribution in [0.2, 0.25) is 0 Å². The van der Waals surface area contributed by atoms with E-state index in [9.17, 15) is 0 Å². The zero-order valence-corrected chi connectivity index (χ0v) is 12.8. The molecule has 2 rings (SSSR count). The maximum absolute atomic E-state index is 5.89. The van der Waals surface area contributed by atoms with Gasteiger partial charge < -0.3 is 20.3 Å². The molecule has 6 nitrogen and oxygen atoms in total. The maximum atomic E-state index is 5.89. The Morgan fingerprint density at radius 1 is 1.40 bits per heavy atom. The van der Waals surface area contributed by atoms with Gasteiger partial charge in [0.25, 0.3) is 0 Å². The van der Waals surface area contributed by atoms with Crippen molar-refractivity contribution in [3.63, 3.8) is 0 Å². The van der Waals surface area contributed by atoms with Crippen LogP contribution in [0.5, 0.6) is 5.88 Å². The summed E-state index contributed by atoms with van der Waals surface area (Å²) in [4.78, 5) is 13.6. The molecule has 0 bridgehead atoms. The van der Waals surface area contributed by atoms with Crippen molar-refractivity contribution >= 4 is 5.95 Å². The Bertz CT molecular complexity index is 451. The molecule has 2 heterocycles. The van der Waals surface area contributed by atoms with Crippen molar-refractivity contribution in [2.75, 3.05) is 38.1 Å². The van der Waals surface area contributed by atoms with Crippen molar-refractivity contribution in [2.45, 2.75) is 32.9 Å². The minimum absolute atomic E-state index is 0.106. The van der Waals surface area contributed by atoms with Gasteiger partial charge in [-0.3, -0.25) is 0 Å². The van der Waals surface area contributed by atoms with Crippen LogP contribution in [0.15, 0.2) is 6.07 Å². The fourth-order valence-corrected chi connectivity index (χ4v) is 2.43. The average Bonchev–Trinajstić information content (AvgIpc) is 2.36. The van der Waals surface area contributed by atoms with Crippen LogP contribution >= 0.6 is 0 Å². The summed E-state index contributed by atoms with van der Waals surface area (Å²) in [5, 5.41) is 0. The number of likely N-dealkylation sites (N-methyl/N-ethyl adjacent to an activating group) is 1. The van der Waals surface area contributed by atoms with E-state index >= 15 is 0 Å². The molecule has 6 heteroatoms. The van der Waals surface area contributed by atoms with E-state index in [2.05, 4.69) is 26.8 Å². The number of ether oxygens (including phenoxy) is 1. The number of rotatable bonds is 4. The van der Waals surface area contributed by atoms with E-state index < -0.39 is 0 Å². The first-order valence-electron chi connectivity index (χ1n) is 7.17. The Morgan fingerprint density at radius 2 is 2.15 bits per heavy atom. The molecule has 20 heavy (non-hydrogen) atoms. The smallest absolute Gasteiger partial charge is 0.229 e. The number of hydrogen-bond donors (Lipinski definition) is 1. The zero-order valence-electron chi connectivity index (χ0n) is 12.8. The van der Waals surface area contributed by atoms with Crippen molar-refractivity contribution in [1.82, 2.24) is 14.9 Å². The number of aryl methyl sites for hydroxylation is 1. The van der Waals surface area contributed by atoms with E-state index in [-0.39, 0.29) is 12.1 Å². The molecular formula is C14H25N5O. The third-order valence-corrected chi connectivity index (χ3v) is 3.39. The van der Waals surface area contributed by atoms with Gasteiger partial charge in [0.05, 0.1) is 12.1 Å². The van der Waals surface area contributed by atoms with Crippen molar-refractivity contribution in [3.8, 4) is 5.88 Å². The molecule has 1 aliphatic heterocycles. The summed E-state index contributed by atoms with van der Waals surface area (Å²) >= 11 is 0. The fraction of sp³-hybridized carbons (Fsp3) is 0.714. The summed E-state index contributed by atoms with van der Waals surface area (Å²) in [6.45, 7) is 9.38. The third kappa shape index (κ3) is 3.58. The first kappa shape index (κ1) is 15.0. The van der Waals surface area contributed by atoms with Crippen LogP contribution in [0.4, 0.5) is 5.95 Å². The highest BCUT2D eigenvalue weighted by atomic mass is 16.5. The number of aromatic nitrogens is 2. The van der Waals surface area contributed by atoms with Gasteiger partial charge in [-0.2, -0.15) is 4.98 Å². The molecule has 1 aliphatic rings. The lowest BCUT2D eigenvalue weighted by Crippen LogP contribution is -2.55. The quantitative estimate of drug-likeness (QED) is 0.873. The third-order valence-electron chi connectivity index (χ3n) is 3.39. The van der Waals surface area contributed by atoms with Gasteiger partial charge in [-0.05, 0) is 27.8 Å². The van der Waals surface area contributed by atoms with Crippen LogP contribution in [0, 0.1) is 6.92 Å². The normalized spacial score (nSPS) is 20.5. The summed E-state index contributed by atoms with van der Waals surface area (Å²) < 4.78 is 5.70. The lowest BCUT2D eigenvalue weighted by atomic mass is 10.2. The molecule has 112 valence electrons. The standard InChI is InChI=1S/C14H25N5O/c1-10(2)20-13-7-11(3)16-14(17-13)19-6-5-18(4)9-12(19)8-15/h7,10,12H,5-6,8-9,15H2,1-4H3. The van der Waals surface area contributed by atoms with Gasteiger partial charge in [0.1, 0.15) is 0 Å². The lowest BCUT2D eigenvalue weighted by Gasteiger charge is -2.39. The zero-order chi connectivity index (χ0) is 14.7. The largest absolute Gasteiger partial charge is 0.475 e. The summed E-state index contributed by atoms with van der Waals surface area (Å²) in [6, 6.07) is 2.12. The van der Waals surface area contributed by atoms with Gasteiger partial charge in [-0.1, -0.05) is 0 Å². The first-order valence-corrected chi connectivity index (χ1v) is 7.17. The highest BCUT2D eigenvalue weighted by Gasteiger charge is 2.26. The number of hydrogen-bond acceptors (Lipinski definition) is 6. The van der Waals surface area contributed by atoms with E-state index in [0.717, 1.165) is 31.3 Å². The number of piperazine rings is 1.